The first-order valence-corrected chi connectivity index (χ1v) is 7.60. The van der Waals surface area contributed by atoms with Crippen molar-refractivity contribution in [2.75, 3.05) is 26.2 Å². The monoisotopic (exact) mass is 254 g/mol. The number of aliphatic hydroxyl groups excluding tert-OH is 1. The van der Waals surface area contributed by atoms with Gasteiger partial charge in [-0.1, -0.05) is 20.8 Å². The lowest BCUT2D eigenvalue weighted by atomic mass is 9.83. The van der Waals surface area contributed by atoms with Gasteiger partial charge in [0.1, 0.15) is 0 Å². The minimum absolute atomic E-state index is 0.000999. The lowest BCUT2D eigenvalue weighted by Gasteiger charge is -2.42. The lowest BCUT2D eigenvalue weighted by molar-refractivity contribution is 0.0721. The molecular weight excluding hydrogens is 224 g/mol. The van der Waals surface area contributed by atoms with Crippen LogP contribution in [0.2, 0.25) is 0 Å². The molecule has 0 aromatic carbocycles. The van der Waals surface area contributed by atoms with Crippen LogP contribution in [0.1, 0.15) is 52.9 Å². The Balaban J connectivity index is 1.95. The molecule has 2 unspecified atom stereocenters. The van der Waals surface area contributed by atoms with Crippen LogP contribution in [-0.4, -0.2) is 47.8 Å². The third-order valence-electron chi connectivity index (χ3n) is 4.88. The highest BCUT2D eigenvalue weighted by Gasteiger charge is 2.41. The summed E-state index contributed by atoms with van der Waals surface area (Å²) < 4.78 is 0. The Kier molecular flexibility index (Phi) is 4.35. The van der Waals surface area contributed by atoms with Gasteiger partial charge >= 0.3 is 0 Å². The second-order valence-corrected chi connectivity index (χ2v) is 7.10. The van der Waals surface area contributed by atoms with E-state index in [1.807, 2.05) is 0 Å². The van der Waals surface area contributed by atoms with Crippen molar-refractivity contribution in [2.24, 2.45) is 5.41 Å². The van der Waals surface area contributed by atoms with Crippen LogP contribution in [-0.2, 0) is 0 Å². The van der Waals surface area contributed by atoms with Gasteiger partial charge in [0, 0.05) is 18.1 Å². The molecule has 1 aliphatic carbocycles. The summed E-state index contributed by atoms with van der Waals surface area (Å²) in [5.41, 5.74) is 0.474. The van der Waals surface area contributed by atoms with Gasteiger partial charge < -0.3 is 10.4 Å². The fourth-order valence-corrected chi connectivity index (χ4v) is 3.93. The maximum atomic E-state index is 9.69. The number of piperidine rings is 1. The third-order valence-corrected chi connectivity index (χ3v) is 4.88. The zero-order valence-corrected chi connectivity index (χ0v) is 12.3. The minimum Gasteiger partial charge on any atom is -0.394 e. The van der Waals surface area contributed by atoms with Crippen LogP contribution < -0.4 is 5.32 Å². The minimum atomic E-state index is 0.000999. The van der Waals surface area contributed by atoms with E-state index in [-0.39, 0.29) is 12.1 Å². The third kappa shape index (κ3) is 3.06. The fraction of sp³-hybridized carbons (Fsp3) is 1.00. The fourth-order valence-electron chi connectivity index (χ4n) is 3.93. The SMILES string of the molecule is CCNC1(CO)CCC(N2CCCC(C)(C)C2)C1. The molecule has 3 heteroatoms. The summed E-state index contributed by atoms with van der Waals surface area (Å²) in [5.74, 6) is 0. The molecule has 0 aromatic rings. The molecule has 1 saturated heterocycles. The summed E-state index contributed by atoms with van der Waals surface area (Å²) in [4.78, 5) is 2.68. The molecule has 1 saturated carbocycles. The molecule has 1 heterocycles. The molecule has 2 fully saturated rings. The van der Waals surface area contributed by atoms with Crippen LogP contribution in [0.15, 0.2) is 0 Å². The zero-order chi connectivity index (χ0) is 13.2. The first-order valence-electron chi connectivity index (χ1n) is 7.60. The molecule has 106 valence electrons. The second kappa shape index (κ2) is 5.48. The number of likely N-dealkylation sites (tertiary alicyclic amines) is 1. The van der Waals surface area contributed by atoms with E-state index in [1.165, 1.54) is 32.4 Å². The van der Waals surface area contributed by atoms with Crippen molar-refractivity contribution in [1.82, 2.24) is 10.2 Å². The van der Waals surface area contributed by atoms with Crippen molar-refractivity contribution >= 4 is 0 Å². The maximum Gasteiger partial charge on any atom is 0.0613 e. The summed E-state index contributed by atoms with van der Waals surface area (Å²) in [5, 5.41) is 13.2. The van der Waals surface area contributed by atoms with E-state index in [0.717, 1.165) is 19.4 Å². The topological polar surface area (TPSA) is 35.5 Å². The van der Waals surface area contributed by atoms with E-state index < -0.39 is 0 Å². The zero-order valence-electron chi connectivity index (χ0n) is 12.3. The number of nitrogens with one attached hydrogen (secondary N) is 1. The van der Waals surface area contributed by atoms with Crippen LogP contribution in [0.25, 0.3) is 0 Å². The molecule has 0 spiro atoms. The molecular formula is C15H30N2O. The number of hydrogen-bond donors (Lipinski definition) is 2. The predicted octanol–water partition coefficient (Wildman–Crippen LogP) is 2.00. The van der Waals surface area contributed by atoms with Crippen molar-refractivity contribution in [3.63, 3.8) is 0 Å². The maximum absolute atomic E-state index is 9.69. The number of aliphatic hydroxyl groups is 1. The van der Waals surface area contributed by atoms with Gasteiger partial charge in [-0.3, -0.25) is 4.90 Å². The molecule has 2 atom stereocenters. The largest absolute Gasteiger partial charge is 0.394 e. The van der Waals surface area contributed by atoms with Crippen molar-refractivity contribution in [3.8, 4) is 0 Å². The molecule has 0 aromatic heterocycles. The van der Waals surface area contributed by atoms with Gasteiger partial charge in [0.2, 0.25) is 0 Å². The van der Waals surface area contributed by atoms with Crippen LogP contribution in [0.5, 0.6) is 0 Å². The van der Waals surface area contributed by atoms with E-state index in [2.05, 4.69) is 31.0 Å². The predicted molar refractivity (Wildman–Crippen MR) is 75.7 cm³/mol. The first-order chi connectivity index (χ1) is 8.50. The van der Waals surface area contributed by atoms with E-state index in [1.54, 1.807) is 0 Å². The Bertz CT molecular complexity index is 280. The van der Waals surface area contributed by atoms with Gasteiger partial charge in [0.15, 0.2) is 0 Å². The Labute approximate surface area is 112 Å². The van der Waals surface area contributed by atoms with Crippen LogP contribution >= 0.6 is 0 Å². The number of hydrogen-bond acceptors (Lipinski definition) is 3. The van der Waals surface area contributed by atoms with Crippen LogP contribution in [0.3, 0.4) is 0 Å². The quantitative estimate of drug-likeness (QED) is 0.805. The Morgan fingerprint density at radius 1 is 1.33 bits per heavy atom. The molecule has 3 nitrogen and oxygen atoms in total. The van der Waals surface area contributed by atoms with Crippen molar-refractivity contribution in [1.29, 1.82) is 0 Å². The Morgan fingerprint density at radius 3 is 2.72 bits per heavy atom. The number of rotatable bonds is 4. The average molecular weight is 254 g/mol. The van der Waals surface area contributed by atoms with Crippen molar-refractivity contribution < 1.29 is 5.11 Å². The van der Waals surface area contributed by atoms with Crippen LogP contribution in [0, 0.1) is 5.41 Å². The van der Waals surface area contributed by atoms with Crippen molar-refractivity contribution in [2.45, 2.75) is 64.5 Å². The smallest absolute Gasteiger partial charge is 0.0613 e. The number of likely N-dealkylation sites (N-methyl/N-ethyl adjacent to an activating group) is 1. The molecule has 1 aliphatic heterocycles. The molecule has 2 N–H and O–H groups in total. The second-order valence-electron chi connectivity index (χ2n) is 7.10. The summed E-state index contributed by atoms with van der Waals surface area (Å²) in [6.45, 7) is 10.6. The Morgan fingerprint density at radius 2 is 2.11 bits per heavy atom. The summed E-state index contributed by atoms with van der Waals surface area (Å²) >= 11 is 0. The van der Waals surface area contributed by atoms with E-state index >= 15 is 0 Å². The lowest BCUT2D eigenvalue weighted by Crippen LogP contribution is -2.50. The highest BCUT2D eigenvalue weighted by molar-refractivity contribution is 5.00. The molecule has 0 bridgehead atoms. The first kappa shape index (κ1) is 14.3. The van der Waals surface area contributed by atoms with Gasteiger partial charge in [-0.2, -0.15) is 0 Å². The summed E-state index contributed by atoms with van der Waals surface area (Å²) in [6, 6.07) is 0.677. The van der Waals surface area contributed by atoms with Gasteiger partial charge in [-0.15, -0.1) is 0 Å². The van der Waals surface area contributed by atoms with Gasteiger partial charge in [-0.25, -0.2) is 0 Å². The standard InChI is InChI=1S/C15H30N2O/c1-4-16-15(12-18)8-6-13(10-15)17-9-5-7-14(2,3)11-17/h13,16,18H,4-12H2,1-3H3. The normalized spacial score (nSPS) is 37.0. The molecule has 2 rings (SSSR count). The average Bonchev–Trinajstić information content (AvgIpc) is 2.73. The van der Waals surface area contributed by atoms with Gasteiger partial charge in [0.25, 0.3) is 0 Å². The van der Waals surface area contributed by atoms with E-state index in [4.69, 9.17) is 0 Å². The van der Waals surface area contributed by atoms with Gasteiger partial charge in [0.05, 0.1) is 6.61 Å². The highest BCUT2D eigenvalue weighted by atomic mass is 16.3. The number of nitrogens with zero attached hydrogens (tertiary/aromatic N) is 1. The summed E-state index contributed by atoms with van der Waals surface area (Å²) in [7, 11) is 0. The molecule has 18 heavy (non-hydrogen) atoms. The van der Waals surface area contributed by atoms with E-state index in [0.29, 0.717) is 11.5 Å². The molecule has 2 aliphatic rings. The molecule has 0 amide bonds. The highest BCUT2D eigenvalue weighted by Crippen LogP contribution is 2.37. The van der Waals surface area contributed by atoms with E-state index in [9.17, 15) is 5.11 Å². The summed E-state index contributed by atoms with van der Waals surface area (Å²) in [6.07, 6.45) is 6.17. The molecule has 0 radical (unpaired) electrons. The Hall–Kier alpha value is -0.120. The van der Waals surface area contributed by atoms with Crippen molar-refractivity contribution in [3.05, 3.63) is 0 Å². The van der Waals surface area contributed by atoms with Gasteiger partial charge in [-0.05, 0) is 50.6 Å². The van der Waals surface area contributed by atoms with Crippen LogP contribution in [0.4, 0.5) is 0 Å².